The van der Waals surface area contributed by atoms with Crippen molar-refractivity contribution in [1.82, 2.24) is 0 Å². The lowest BCUT2D eigenvalue weighted by Gasteiger charge is -2.25. The molecule has 104 valence electrons. The van der Waals surface area contributed by atoms with Crippen molar-refractivity contribution in [3.63, 3.8) is 0 Å². The molecule has 1 aromatic rings. The van der Waals surface area contributed by atoms with Crippen molar-refractivity contribution in [3.05, 3.63) is 24.3 Å². The van der Waals surface area contributed by atoms with Crippen LogP contribution >= 0.6 is 0 Å². The molecule has 1 saturated heterocycles. The van der Waals surface area contributed by atoms with Gasteiger partial charge in [0, 0.05) is 18.3 Å². The predicted octanol–water partition coefficient (Wildman–Crippen LogP) is 0.777. The molecule has 7 heteroatoms. The number of primary sulfonamides is 1. The van der Waals surface area contributed by atoms with Crippen LogP contribution in [0.5, 0.6) is 0 Å². The van der Waals surface area contributed by atoms with Crippen LogP contribution in [0.4, 0.5) is 5.69 Å². The minimum atomic E-state index is -3.69. The van der Waals surface area contributed by atoms with Gasteiger partial charge in [0.1, 0.15) is 0 Å². The molecular formula is C12H16N2O4S. The summed E-state index contributed by atoms with van der Waals surface area (Å²) >= 11 is 0. The van der Waals surface area contributed by atoms with Crippen LogP contribution in [0.3, 0.4) is 0 Å². The lowest BCUT2D eigenvalue weighted by atomic mass is 10.1. The van der Waals surface area contributed by atoms with Crippen molar-refractivity contribution in [2.24, 2.45) is 5.14 Å². The molecule has 1 aliphatic rings. The number of carboxylic acid groups (broad SMARTS) is 1. The third kappa shape index (κ3) is 3.24. The summed E-state index contributed by atoms with van der Waals surface area (Å²) in [5.74, 6) is -0.821. The van der Waals surface area contributed by atoms with Gasteiger partial charge in [-0.25, -0.2) is 13.6 Å². The average molecular weight is 284 g/mol. The lowest BCUT2D eigenvalue weighted by molar-refractivity contribution is -0.137. The molecule has 0 aromatic heterocycles. The summed E-state index contributed by atoms with van der Waals surface area (Å²) in [5.41, 5.74) is 0.830. The summed E-state index contributed by atoms with van der Waals surface area (Å²) in [6.07, 6.45) is 1.87. The predicted molar refractivity (Wildman–Crippen MR) is 70.4 cm³/mol. The van der Waals surface area contributed by atoms with Crippen LogP contribution < -0.4 is 10.0 Å². The van der Waals surface area contributed by atoms with Crippen molar-refractivity contribution in [1.29, 1.82) is 0 Å². The van der Waals surface area contributed by atoms with Crippen LogP contribution in [0.25, 0.3) is 0 Å². The quantitative estimate of drug-likeness (QED) is 0.850. The van der Waals surface area contributed by atoms with Gasteiger partial charge in [0.15, 0.2) is 0 Å². The molecule has 1 heterocycles. The highest BCUT2D eigenvalue weighted by Crippen LogP contribution is 2.28. The SMILES string of the molecule is NS(=O)(=O)c1ccc(N2CCCC2CC(=O)O)cc1. The molecule has 0 amide bonds. The number of benzene rings is 1. The third-order valence-electron chi connectivity index (χ3n) is 3.28. The first-order valence-electron chi connectivity index (χ1n) is 5.99. The maximum Gasteiger partial charge on any atom is 0.305 e. The van der Waals surface area contributed by atoms with Crippen molar-refractivity contribution >= 4 is 21.7 Å². The second kappa shape index (κ2) is 5.18. The summed E-state index contributed by atoms with van der Waals surface area (Å²) in [6, 6.07) is 6.19. The van der Waals surface area contributed by atoms with E-state index in [1.54, 1.807) is 12.1 Å². The number of nitrogens with zero attached hydrogens (tertiary/aromatic N) is 1. The Morgan fingerprint density at radius 3 is 2.53 bits per heavy atom. The first kappa shape index (κ1) is 13.8. The van der Waals surface area contributed by atoms with Crippen LogP contribution in [0, 0.1) is 0 Å². The number of carboxylic acids is 1. The number of nitrogens with two attached hydrogens (primary N) is 1. The van der Waals surface area contributed by atoms with E-state index in [2.05, 4.69) is 0 Å². The van der Waals surface area contributed by atoms with Gasteiger partial charge in [-0.2, -0.15) is 0 Å². The second-order valence-corrected chi connectivity index (χ2v) is 6.19. The number of hydrogen-bond acceptors (Lipinski definition) is 4. The van der Waals surface area contributed by atoms with Gasteiger partial charge < -0.3 is 10.0 Å². The Hall–Kier alpha value is -1.60. The highest BCUT2D eigenvalue weighted by molar-refractivity contribution is 7.89. The molecule has 1 fully saturated rings. The topological polar surface area (TPSA) is 101 Å². The van der Waals surface area contributed by atoms with E-state index >= 15 is 0 Å². The van der Waals surface area contributed by atoms with Crippen molar-refractivity contribution in [3.8, 4) is 0 Å². The van der Waals surface area contributed by atoms with Crippen LogP contribution in [-0.2, 0) is 14.8 Å². The fourth-order valence-corrected chi connectivity index (χ4v) is 2.93. The zero-order valence-corrected chi connectivity index (χ0v) is 11.1. The summed E-state index contributed by atoms with van der Waals surface area (Å²) in [4.78, 5) is 12.9. The molecule has 2 rings (SSSR count). The van der Waals surface area contributed by atoms with Crippen LogP contribution in [0.1, 0.15) is 19.3 Å². The van der Waals surface area contributed by atoms with Gasteiger partial charge in [0.2, 0.25) is 10.0 Å². The van der Waals surface area contributed by atoms with E-state index in [4.69, 9.17) is 10.2 Å². The van der Waals surface area contributed by atoms with Gasteiger partial charge in [-0.3, -0.25) is 4.79 Å². The lowest BCUT2D eigenvalue weighted by Crippen LogP contribution is -2.31. The molecule has 6 nitrogen and oxygen atoms in total. The zero-order valence-electron chi connectivity index (χ0n) is 10.3. The van der Waals surface area contributed by atoms with E-state index < -0.39 is 16.0 Å². The van der Waals surface area contributed by atoms with Crippen LogP contribution in [0.2, 0.25) is 0 Å². The maximum absolute atomic E-state index is 11.2. The number of hydrogen-bond donors (Lipinski definition) is 2. The Morgan fingerprint density at radius 2 is 2.00 bits per heavy atom. The van der Waals surface area contributed by atoms with Gasteiger partial charge in [0.05, 0.1) is 11.3 Å². The first-order valence-corrected chi connectivity index (χ1v) is 7.54. The Kier molecular flexibility index (Phi) is 3.77. The summed E-state index contributed by atoms with van der Waals surface area (Å²) < 4.78 is 22.3. The normalized spacial score (nSPS) is 19.6. The molecule has 19 heavy (non-hydrogen) atoms. The minimum Gasteiger partial charge on any atom is -0.481 e. The maximum atomic E-state index is 11.2. The summed E-state index contributed by atoms with van der Waals surface area (Å²) in [7, 11) is -3.69. The molecule has 0 radical (unpaired) electrons. The highest BCUT2D eigenvalue weighted by Gasteiger charge is 2.26. The van der Waals surface area contributed by atoms with Gasteiger partial charge in [-0.1, -0.05) is 0 Å². The number of carbonyl (C=O) groups is 1. The largest absolute Gasteiger partial charge is 0.481 e. The van der Waals surface area contributed by atoms with E-state index in [0.717, 1.165) is 25.1 Å². The fraction of sp³-hybridized carbons (Fsp3) is 0.417. The molecule has 1 unspecified atom stereocenters. The standard InChI is InChI=1S/C12H16N2O4S/c13-19(17,18)11-5-3-9(4-6-11)14-7-1-2-10(14)8-12(15)16/h3-6,10H,1-2,7-8H2,(H,15,16)(H2,13,17,18). The van der Waals surface area contributed by atoms with E-state index in [0.29, 0.717) is 0 Å². The first-order chi connectivity index (χ1) is 8.88. The summed E-state index contributed by atoms with van der Waals surface area (Å²) in [5, 5.41) is 13.9. The minimum absolute atomic E-state index is 0.0298. The molecule has 0 spiro atoms. The van der Waals surface area contributed by atoms with E-state index in [9.17, 15) is 13.2 Å². The highest BCUT2D eigenvalue weighted by atomic mass is 32.2. The molecule has 1 aromatic carbocycles. The second-order valence-electron chi connectivity index (χ2n) is 4.63. The zero-order chi connectivity index (χ0) is 14.0. The number of sulfonamides is 1. The fourth-order valence-electron chi connectivity index (χ4n) is 2.42. The molecule has 1 atom stereocenters. The summed E-state index contributed by atoms with van der Waals surface area (Å²) in [6.45, 7) is 0.784. The van der Waals surface area contributed by atoms with Crippen molar-refractivity contribution in [2.45, 2.75) is 30.2 Å². The Labute approximate surface area is 111 Å². The average Bonchev–Trinajstić information content (AvgIpc) is 2.75. The van der Waals surface area contributed by atoms with Crippen LogP contribution in [0.15, 0.2) is 29.2 Å². The third-order valence-corrected chi connectivity index (χ3v) is 4.21. The Balaban J connectivity index is 2.20. The number of aliphatic carboxylic acids is 1. The van der Waals surface area contributed by atoms with E-state index in [-0.39, 0.29) is 17.4 Å². The molecule has 0 aliphatic carbocycles. The van der Waals surface area contributed by atoms with E-state index in [1.165, 1.54) is 12.1 Å². The van der Waals surface area contributed by atoms with Crippen molar-refractivity contribution in [2.75, 3.05) is 11.4 Å². The Bertz CT molecular complexity index is 568. The van der Waals surface area contributed by atoms with Crippen molar-refractivity contribution < 1.29 is 18.3 Å². The molecular weight excluding hydrogens is 268 g/mol. The van der Waals surface area contributed by atoms with Gasteiger partial charge in [-0.05, 0) is 37.1 Å². The molecule has 3 N–H and O–H groups in total. The monoisotopic (exact) mass is 284 g/mol. The molecule has 1 aliphatic heterocycles. The van der Waals surface area contributed by atoms with Crippen LogP contribution in [-0.4, -0.2) is 32.1 Å². The molecule has 0 bridgehead atoms. The van der Waals surface area contributed by atoms with Gasteiger partial charge in [-0.15, -0.1) is 0 Å². The molecule has 0 saturated carbocycles. The smallest absolute Gasteiger partial charge is 0.305 e. The van der Waals surface area contributed by atoms with E-state index in [1.807, 2.05) is 4.90 Å². The van der Waals surface area contributed by atoms with Gasteiger partial charge in [0.25, 0.3) is 0 Å². The Morgan fingerprint density at radius 1 is 1.37 bits per heavy atom. The number of rotatable bonds is 4. The van der Waals surface area contributed by atoms with Gasteiger partial charge >= 0.3 is 5.97 Å². The number of anilines is 1.